The first-order valence-electron chi connectivity index (χ1n) is 22.0. The van der Waals surface area contributed by atoms with Crippen molar-refractivity contribution >= 4 is 59.1 Å². The molecule has 356 valence electrons. The molecule has 0 saturated carbocycles. The first-order chi connectivity index (χ1) is 29.7. The maximum absolute atomic E-state index is 12.0. The summed E-state index contributed by atoms with van der Waals surface area (Å²) in [6, 6.07) is 12.9. The van der Waals surface area contributed by atoms with E-state index in [0.717, 1.165) is 5.71 Å². The maximum atomic E-state index is 12.0. The Hall–Kier alpha value is -4.01. The molecule has 18 heteroatoms. The Kier molecular flexibility index (Phi) is 19.1. The maximum Gasteiger partial charge on any atom is 0.303 e. The van der Waals surface area contributed by atoms with Gasteiger partial charge in [0.25, 0.3) is 0 Å². The van der Waals surface area contributed by atoms with Crippen molar-refractivity contribution in [2.75, 3.05) is 50.7 Å². The molecule has 3 N–H and O–H groups in total. The number of nitrogens with one attached hydrogen (secondary N) is 2. The molecule has 1 unspecified atom stereocenters. The monoisotopic (exact) mass is 948 g/mol. The fourth-order valence-corrected chi connectivity index (χ4v) is 9.90. The van der Waals surface area contributed by atoms with Crippen LogP contribution in [0.15, 0.2) is 87.5 Å². The molecular formula is C46H68N4O11S3. The van der Waals surface area contributed by atoms with Crippen LogP contribution in [0.5, 0.6) is 0 Å². The molecule has 0 spiro atoms. The number of carboxylic acids is 1. The second kappa shape index (κ2) is 22.5. The molecule has 64 heavy (non-hydrogen) atoms. The zero-order chi connectivity index (χ0) is 48.4. The molecule has 2 aliphatic heterocycles. The highest BCUT2D eigenvalue weighted by atomic mass is 32.2. The number of unbranched alkanes of at least 4 members (excludes halogenated alkanes) is 2. The highest BCUT2D eigenvalue weighted by Crippen LogP contribution is 2.50. The van der Waals surface area contributed by atoms with E-state index in [-0.39, 0.29) is 11.3 Å². The predicted octanol–water partition coefficient (Wildman–Crippen LogP) is 4.34. The number of rotatable bonds is 18. The minimum Gasteiger partial charge on any atom is -0.744 e. The molecule has 2 aliphatic rings. The molecule has 3 aromatic carbocycles. The summed E-state index contributed by atoms with van der Waals surface area (Å²) in [5.74, 6) is -0.901. The van der Waals surface area contributed by atoms with Gasteiger partial charge in [-0.2, -0.15) is 4.58 Å². The van der Waals surface area contributed by atoms with Crippen molar-refractivity contribution in [3.63, 3.8) is 0 Å². The fourth-order valence-electron chi connectivity index (χ4n) is 8.40. The predicted molar refractivity (Wildman–Crippen MR) is 245 cm³/mol. The zero-order valence-electron chi connectivity index (χ0n) is 38.9. The van der Waals surface area contributed by atoms with Gasteiger partial charge in [0.1, 0.15) is 36.9 Å². The van der Waals surface area contributed by atoms with Gasteiger partial charge in [-0.3, -0.25) is 4.79 Å². The van der Waals surface area contributed by atoms with E-state index in [9.17, 15) is 43.7 Å². The van der Waals surface area contributed by atoms with Crippen LogP contribution in [-0.4, -0.2) is 112 Å². The summed E-state index contributed by atoms with van der Waals surface area (Å²) >= 11 is 0. The van der Waals surface area contributed by atoms with Crippen LogP contribution in [0.25, 0.3) is 0 Å². The van der Waals surface area contributed by atoms with Gasteiger partial charge in [-0.05, 0) is 122 Å². The lowest BCUT2D eigenvalue weighted by Gasteiger charge is -2.33. The largest absolute Gasteiger partial charge is 0.744 e. The summed E-state index contributed by atoms with van der Waals surface area (Å²) in [6.45, 7) is 28.8. The minimum atomic E-state index is -4.84. The number of carboxylic acid groups (broad SMARTS) is 1. The van der Waals surface area contributed by atoms with Crippen molar-refractivity contribution in [1.29, 1.82) is 0 Å². The fraction of sp³-hybridized carbons (Fsp3) is 0.522. The lowest BCUT2D eigenvalue weighted by molar-refractivity contribution is -0.894. The zero-order valence-corrected chi connectivity index (χ0v) is 41.4. The molecule has 15 nitrogen and oxygen atoms in total. The van der Waals surface area contributed by atoms with Crippen LogP contribution in [0.1, 0.15) is 106 Å². The molecule has 0 fully saturated rings. The summed E-state index contributed by atoms with van der Waals surface area (Å²) in [7, 11) is -14.4. The molecular weight excluding hydrogens is 881 g/mol. The van der Waals surface area contributed by atoms with Crippen LogP contribution in [0, 0.1) is 0 Å². The van der Waals surface area contributed by atoms with Gasteiger partial charge >= 0.3 is 5.97 Å². The number of benzene rings is 3. The molecule has 0 saturated heterocycles. The van der Waals surface area contributed by atoms with Gasteiger partial charge in [-0.15, -0.1) is 0 Å². The molecule has 0 bridgehead atoms. The van der Waals surface area contributed by atoms with Crippen LogP contribution < -0.4 is 14.7 Å². The highest BCUT2D eigenvalue weighted by molar-refractivity contribution is 7.86. The number of hydrogen-bond donors (Lipinski definition) is 3. The SMILES string of the molecule is CC1(C)C(/C=C/C2N(c3cccc(S(=O)(=O)[O-])c3)c3ccc(S(=O)(=O)[O-])cc3C2(C)C)=[N+](CCCCCC(=O)O)c2ccc(S(=O)(=O)[O-])cc21.CC[NH+](CC)CC.CC[NH+](CC)CC. The average molecular weight is 949 g/mol. The second-order valence-electron chi connectivity index (χ2n) is 17.1. The van der Waals surface area contributed by atoms with E-state index in [0.29, 0.717) is 54.0 Å². The van der Waals surface area contributed by atoms with Crippen LogP contribution in [0.4, 0.5) is 17.1 Å². The number of anilines is 2. The van der Waals surface area contributed by atoms with Gasteiger partial charge in [0.2, 0.25) is 5.69 Å². The smallest absolute Gasteiger partial charge is 0.303 e. The summed E-state index contributed by atoms with van der Waals surface area (Å²) in [5.41, 5.74) is 1.52. The van der Waals surface area contributed by atoms with Gasteiger partial charge in [-0.1, -0.05) is 26.0 Å². The average Bonchev–Trinajstić information content (AvgIpc) is 3.58. The first-order valence-corrected chi connectivity index (χ1v) is 26.2. The van der Waals surface area contributed by atoms with Crippen LogP contribution in [-0.2, 0) is 46.0 Å². The van der Waals surface area contributed by atoms with Crippen molar-refractivity contribution < 1.29 is 63.2 Å². The van der Waals surface area contributed by atoms with Crippen molar-refractivity contribution in [3.05, 3.63) is 83.9 Å². The van der Waals surface area contributed by atoms with Crippen LogP contribution >= 0.6 is 0 Å². The van der Waals surface area contributed by atoms with E-state index in [1.165, 1.54) is 87.8 Å². The van der Waals surface area contributed by atoms with Gasteiger partial charge < -0.3 is 33.5 Å². The van der Waals surface area contributed by atoms with Crippen molar-refractivity contribution in [2.24, 2.45) is 0 Å². The van der Waals surface area contributed by atoms with Crippen molar-refractivity contribution in [2.45, 2.75) is 126 Å². The van der Waals surface area contributed by atoms with Gasteiger partial charge in [0.05, 0.1) is 65.4 Å². The molecule has 0 aromatic heterocycles. The normalized spacial score (nSPS) is 16.7. The Morgan fingerprint density at radius 2 is 1.17 bits per heavy atom. The number of hydrogen-bond acceptors (Lipinski definition) is 11. The molecule has 0 amide bonds. The third-order valence-electron chi connectivity index (χ3n) is 12.5. The van der Waals surface area contributed by atoms with E-state index < -0.39 is 63.0 Å². The lowest BCUT2D eigenvalue weighted by atomic mass is 9.78. The minimum absolute atomic E-state index is 0.0145. The van der Waals surface area contributed by atoms with Gasteiger partial charge in [-0.25, -0.2) is 25.3 Å². The Morgan fingerprint density at radius 3 is 1.64 bits per heavy atom. The molecule has 5 rings (SSSR count). The number of fused-ring (bicyclic) bond motifs is 2. The number of quaternary nitrogens is 2. The molecule has 0 aliphatic carbocycles. The topological polar surface area (TPSA) is 224 Å². The summed E-state index contributed by atoms with van der Waals surface area (Å²) in [6.07, 6.45) is 5.35. The third kappa shape index (κ3) is 13.3. The van der Waals surface area contributed by atoms with E-state index in [1.807, 2.05) is 44.4 Å². The molecule has 0 radical (unpaired) electrons. The van der Waals surface area contributed by atoms with E-state index >= 15 is 0 Å². The Bertz CT molecular complexity index is 2470. The Morgan fingerprint density at radius 1 is 0.688 bits per heavy atom. The van der Waals surface area contributed by atoms with E-state index in [2.05, 4.69) is 41.5 Å². The number of carbonyl (C=O) groups is 1. The summed E-state index contributed by atoms with van der Waals surface area (Å²) in [5, 5.41) is 9.06. The van der Waals surface area contributed by atoms with Crippen molar-refractivity contribution in [3.8, 4) is 0 Å². The van der Waals surface area contributed by atoms with Gasteiger partial charge in [0, 0.05) is 47.3 Å². The van der Waals surface area contributed by atoms with E-state index in [1.54, 1.807) is 26.8 Å². The number of nitrogens with zero attached hydrogens (tertiary/aromatic N) is 2. The second-order valence-corrected chi connectivity index (χ2v) is 21.2. The molecule has 3 aromatic rings. The summed E-state index contributed by atoms with van der Waals surface area (Å²) < 4.78 is 110. The quantitative estimate of drug-likeness (QED) is 0.0921. The number of aliphatic carboxylic acids is 1. The Labute approximate surface area is 381 Å². The Balaban J connectivity index is 0.000000671. The molecule has 2 heterocycles. The first kappa shape index (κ1) is 54.3. The van der Waals surface area contributed by atoms with Crippen LogP contribution in [0.3, 0.4) is 0 Å². The number of allylic oxidation sites excluding steroid dienone is 1. The van der Waals surface area contributed by atoms with Gasteiger partial charge in [0.15, 0.2) is 5.71 Å². The summed E-state index contributed by atoms with van der Waals surface area (Å²) in [4.78, 5) is 14.9. The third-order valence-corrected chi connectivity index (χ3v) is 15.0. The lowest BCUT2D eigenvalue weighted by Crippen LogP contribution is -3.11. The standard InChI is InChI=1S/C34H38N2O11S3.2C6H15N/c1-33(2)26-20-24(49(42,43)44)12-14-28(26)35(18-7-5-6-11-32(37)38)30(33)16-17-31-34(3,4)27-21-25(50(45,46)47)13-15-29(27)36(31)22-9-8-10-23(19-22)48(39,40)41;2*1-4-7(5-2)6-3/h8-10,12-17,19-21,31H,5-7,11,18H2,1-4H3,(H3-,37,38,39,40,41,42,43,44,45,46,47);2*4-6H2,1-3H3/b17-16+;;. The highest BCUT2D eigenvalue weighted by Gasteiger charge is 2.47. The van der Waals surface area contributed by atoms with Crippen molar-refractivity contribution in [1.82, 2.24) is 0 Å². The van der Waals surface area contributed by atoms with E-state index in [4.69, 9.17) is 5.11 Å². The molecule has 1 atom stereocenters. The van der Waals surface area contributed by atoms with Crippen LogP contribution in [0.2, 0.25) is 0 Å².